The van der Waals surface area contributed by atoms with Crippen molar-refractivity contribution >= 4 is 27.5 Å². The number of sulfonamides is 1. The van der Waals surface area contributed by atoms with Crippen LogP contribution >= 0.6 is 11.6 Å². The van der Waals surface area contributed by atoms with Crippen LogP contribution in [0.3, 0.4) is 0 Å². The molecule has 2 aromatic carbocycles. The van der Waals surface area contributed by atoms with Gasteiger partial charge in [-0.15, -0.1) is 0 Å². The molecule has 1 amide bonds. The predicted molar refractivity (Wildman–Crippen MR) is 98.7 cm³/mol. The van der Waals surface area contributed by atoms with E-state index in [1.165, 1.54) is 41.1 Å². The lowest BCUT2D eigenvalue weighted by Crippen LogP contribution is -2.32. The third-order valence-electron chi connectivity index (χ3n) is 3.70. The molecule has 0 saturated carbocycles. The third kappa shape index (κ3) is 4.35. The van der Waals surface area contributed by atoms with Gasteiger partial charge in [0, 0.05) is 5.02 Å². The molecule has 0 aliphatic heterocycles. The lowest BCUT2D eigenvalue weighted by molar-refractivity contribution is -0.118. The van der Waals surface area contributed by atoms with Crippen LogP contribution in [0.15, 0.2) is 59.5 Å². The number of rotatable bonds is 5. The molecule has 0 bridgehead atoms. The van der Waals surface area contributed by atoms with Gasteiger partial charge < -0.3 is 0 Å². The molecule has 0 atom stereocenters. The second kappa shape index (κ2) is 7.50. The van der Waals surface area contributed by atoms with E-state index >= 15 is 0 Å². The zero-order valence-electron chi connectivity index (χ0n) is 14.2. The van der Waals surface area contributed by atoms with Gasteiger partial charge in [0.2, 0.25) is 5.91 Å². The number of aromatic nitrogens is 2. The SMILES string of the molecule is Cc1cc(CC(=O)NS(=O)(=O)c2ccc(Cl)cc2)n(-c2ccccc2F)n1. The van der Waals surface area contributed by atoms with Gasteiger partial charge in [0.15, 0.2) is 0 Å². The minimum absolute atomic E-state index is 0.0842. The summed E-state index contributed by atoms with van der Waals surface area (Å²) in [6, 6.07) is 13.0. The Balaban J connectivity index is 1.83. The molecule has 6 nitrogen and oxygen atoms in total. The first-order valence-corrected chi connectivity index (χ1v) is 9.74. The number of nitrogens with zero attached hydrogens (tertiary/aromatic N) is 2. The summed E-state index contributed by atoms with van der Waals surface area (Å²) in [5, 5.41) is 4.57. The maximum absolute atomic E-state index is 14.1. The van der Waals surface area contributed by atoms with Crippen molar-refractivity contribution in [3.05, 3.63) is 76.8 Å². The maximum Gasteiger partial charge on any atom is 0.264 e. The highest BCUT2D eigenvalue weighted by Gasteiger charge is 2.20. The number of nitrogens with one attached hydrogen (secondary N) is 1. The van der Waals surface area contributed by atoms with Gasteiger partial charge >= 0.3 is 0 Å². The lowest BCUT2D eigenvalue weighted by Gasteiger charge is -2.10. The average molecular weight is 408 g/mol. The number of amides is 1. The Kier molecular flexibility index (Phi) is 5.29. The van der Waals surface area contributed by atoms with Gasteiger partial charge in [-0.05, 0) is 49.4 Å². The second-order valence-electron chi connectivity index (χ2n) is 5.80. The molecule has 0 spiro atoms. The first-order valence-electron chi connectivity index (χ1n) is 7.88. The highest BCUT2D eigenvalue weighted by Crippen LogP contribution is 2.17. The van der Waals surface area contributed by atoms with Gasteiger partial charge in [-0.3, -0.25) is 4.79 Å². The number of hydrogen-bond donors (Lipinski definition) is 1. The molecule has 1 aromatic heterocycles. The molecule has 9 heteroatoms. The van der Waals surface area contributed by atoms with E-state index in [0.29, 0.717) is 16.4 Å². The first kappa shape index (κ1) is 19.1. The van der Waals surface area contributed by atoms with Crippen LogP contribution in [0.25, 0.3) is 5.69 Å². The van der Waals surface area contributed by atoms with Crippen LogP contribution in [0.4, 0.5) is 4.39 Å². The molecular formula is C18H15ClFN3O3S. The van der Waals surface area contributed by atoms with E-state index in [9.17, 15) is 17.6 Å². The molecular weight excluding hydrogens is 393 g/mol. The predicted octanol–water partition coefficient (Wildman–Crippen LogP) is 3.02. The standard InChI is InChI=1S/C18H15ClFN3O3S/c1-12-10-14(23(21-12)17-5-3-2-4-16(17)20)11-18(24)22-27(25,26)15-8-6-13(19)7-9-15/h2-10H,11H2,1H3,(H,22,24). The summed E-state index contributed by atoms with van der Waals surface area (Å²) >= 11 is 5.74. The third-order valence-corrected chi connectivity index (χ3v) is 5.34. The summed E-state index contributed by atoms with van der Waals surface area (Å²) in [4.78, 5) is 12.2. The lowest BCUT2D eigenvalue weighted by atomic mass is 10.2. The number of carbonyl (C=O) groups is 1. The number of para-hydroxylation sites is 1. The van der Waals surface area contributed by atoms with Gasteiger partial charge in [-0.1, -0.05) is 23.7 Å². The second-order valence-corrected chi connectivity index (χ2v) is 7.92. The van der Waals surface area contributed by atoms with Crippen molar-refractivity contribution < 1.29 is 17.6 Å². The fourth-order valence-corrected chi connectivity index (χ4v) is 3.64. The number of aryl methyl sites for hydroxylation is 1. The normalized spacial score (nSPS) is 11.4. The molecule has 0 unspecified atom stereocenters. The highest BCUT2D eigenvalue weighted by molar-refractivity contribution is 7.90. The summed E-state index contributed by atoms with van der Waals surface area (Å²) in [5.74, 6) is -1.27. The molecule has 1 heterocycles. The van der Waals surface area contributed by atoms with E-state index in [4.69, 9.17) is 11.6 Å². The zero-order valence-corrected chi connectivity index (χ0v) is 15.8. The van der Waals surface area contributed by atoms with Crippen LogP contribution in [-0.2, 0) is 21.2 Å². The molecule has 1 N–H and O–H groups in total. The van der Waals surface area contributed by atoms with E-state index in [2.05, 4.69) is 5.10 Å². The first-order chi connectivity index (χ1) is 12.8. The Morgan fingerprint density at radius 2 is 1.85 bits per heavy atom. The summed E-state index contributed by atoms with van der Waals surface area (Å²) in [7, 11) is -4.04. The van der Waals surface area contributed by atoms with E-state index in [1.807, 2.05) is 4.72 Å². The van der Waals surface area contributed by atoms with E-state index < -0.39 is 21.7 Å². The summed E-state index contributed by atoms with van der Waals surface area (Å²) < 4.78 is 42.0. The molecule has 0 radical (unpaired) electrons. The van der Waals surface area contributed by atoms with Crippen molar-refractivity contribution in [3.8, 4) is 5.69 Å². The maximum atomic E-state index is 14.1. The Hall–Kier alpha value is -2.71. The van der Waals surface area contributed by atoms with Crippen molar-refractivity contribution in [3.63, 3.8) is 0 Å². The van der Waals surface area contributed by atoms with Crippen LogP contribution in [0.1, 0.15) is 11.4 Å². The van der Waals surface area contributed by atoms with Crippen molar-refractivity contribution in [1.29, 1.82) is 0 Å². The summed E-state index contributed by atoms with van der Waals surface area (Å²) in [6.07, 6.45) is -0.290. The van der Waals surface area contributed by atoms with E-state index in [0.717, 1.165) is 0 Å². The Morgan fingerprint density at radius 1 is 1.19 bits per heavy atom. The Morgan fingerprint density at radius 3 is 2.52 bits per heavy atom. The summed E-state index contributed by atoms with van der Waals surface area (Å²) in [6.45, 7) is 1.70. The molecule has 3 aromatic rings. The molecule has 140 valence electrons. The number of benzene rings is 2. The van der Waals surface area contributed by atoms with Gasteiger partial charge in [-0.25, -0.2) is 22.2 Å². The number of carbonyl (C=O) groups excluding carboxylic acids is 1. The minimum atomic E-state index is -4.04. The topological polar surface area (TPSA) is 81.1 Å². The number of halogens is 2. The van der Waals surface area contributed by atoms with Crippen LogP contribution < -0.4 is 4.72 Å². The Bertz CT molecular complexity index is 1100. The minimum Gasteiger partial charge on any atom is -0.274 e. The smallest absolute Gasteiger partial charge is 0.264 e. The molecule has 27 heavy (non-hydrogen) atoms. The Labute approximate surface area is 160 Å². The zero-order chi connectivity index (χ0) is 19.6. The van der Waals surface area contributed by atoms with Crippen molar-refractivity contribution in [2.75, 3.05) is 0 Å². The molecule has 3 rings (SSSR count). The fraction of sp³-hybridized carbons (Fsp3) is 0.111. The molecule has 0 saturated heterocycles. The van der Waals surface area contributed by atoms with Crippen LogP contribution in [-0.4, -0.2) is 24.1 Å². The van der Waals surface area contributed by atoms with E-state index in [-0.39, 0.29) is 17.0 Å². The van der Waals surface area contributed by atoms with E-state index in [1.54, 1.807) is 25.1 Å². The molecule has 0 aliphatic carbocycles. The fourth-order valence-electron chi connectivity index (χ4n) is 2.53. The van der Waals surface area contributed by atoms with Gasteiger partial charge in [-0.2, -0.15) is 5.10 Å². The van der Waals surface area contributed by atoms with Crippen molar-refractivity contribution in [2.24, 2.45) is 0 Å². The highest BCUT2D eigenvalue weighted by atomic mass is 35.5. The number of hydrogen-bond acceptors (Lipinski definition) is 4. The largest absolute Gasteiger partial charge is 0.274 e. The van der Waals surface area contributed by atoms with Crippen LogP contribution in [0.2, 0.25) is 5.02 Å². The quantitative estimate of drug-likeness (QED) is 0.705. The van der Waals surface area contributed by atoms with Crippen molar-refractivity contribution in [2.45, 2.75) is 18.2 Å². The van der Waals surface area contributed by atoms with Gasteiger partial charge in [0.05, 0.1) is 22.7 Å². The average Bonchev–Trinajstić information content (AvgIpc) is 2.95. The summed E-state index contributed by atoms with van der Waals surface area (Å²) in [5.41, 5.74) is 1.11. The van der Waals surface area contributed by atoms with Gasteiger partial charge in [0.1, 0.15) is 11.5 Å². The van der Waals surface area contributed by atoms with Crippen LogP contribution in [0, 0.1) is 12.7 Å². The monoisotopic (exact) mass is 407 g/mol. The molecule has 0 fully saturated rings. The van der Waals surface area contributed by atoms with Crippen LogP contribution in [0.5, 0.6) is 0 Å². The van der Waals surface area contributed by atoms with Gasteiger partial charge in [0.25, 0.3) is 10.0 Å². The van der Waals surface area contributed by atoms with Crippen molar-refractivity contribution in [1.82, 2.24) is 14.5 Å². The molecule has 0 aliphatic rings.